The van der Waals surface area contributed by atoms with Crippen molar-refractivity contribution in [3.63, 3.8) is 0 Å². The molecule has 0 atom stereocenters. The second-order valence-corrected chi connectivity index (χ2v) is 0.581. The predicted molar refractivity (Wildman–Crippen MR) is 21.7 cm³/mol. The van der Waals surface area contributed by atoms with Gasteiger partial charge in [-0.3, -0.25) is 0 Å². The second kappa shape index (κ2) is 4.02. The van der Waals surface area contributed by atoms with E-state index in [4.69, 9.17) is 0 Å². The molecule has 4 heteroatoms. The van der Waals surface area contributed by atoms with Gasteiger partial charge in [0, 0.05) is 0 Å². The van der Waals surface area contributed by atoms with E-state index < -0.39 is 0 Å². The molecule has 0 unspecified atom stereocenters. The van der Waals surface area contributed by atoms with E-state index in [-0.39, 0.29) is 0 Å². The fourth-order valence-electron chi connectivity index (χ4n) is 0.0630. The quantitative estimate of drug-likeness (QED) is 0.425. The molecule has 0 saturated heterocycles. The van der Waals surface area contributed by atoms with E-state index in [1.807, 2.05) is 0 Å². The highest BCUT2D eigenvalue weighted by Gasteiger charge is 1.81. The van der Waals surface area contributed by atoms with Crippen molar-refractivity contribution in [3.8, 4) is 0 Å². The Morgan fingerprint density at radius 1 is 1.80 bits per heavy atom. The molecule has 5 heavy (non-hydrogen) atoms. The van der Waals surface area contributed by atoms with Crippen molar-refractivity contribution in [2.75, 3.05) is 7.05 Å². The molecule has 0 bridgehead atoms. The van der Waals surface area contributed by atoms with Crippen molar-refractivity contribution in [2.24, 2.45) is 0 Å². The van der Waals surface area contributed by atoms with E-state index in [1.54, 1.807) is 7.05 Å². The van der Waals surface area contributed by atoms with Crippen LogP contribution in [0.15, 0.2) is 0 Å². The highest BCUT2D eigenvalue weighted by Crippen LogP contribution is 1.45. The molecule has 0 spiro atoms. The third kappa shape index (κ3) is 4.02. The summed E-state index contributed by atoms with van der Waals surface area (Å²) < 4.78 is 10.8. The van der Waals surface area contributed by atoms with Gasteiger partial charge >= 0.3 is 7.45 Å². The lowest BCUT2D eigenvalue weighted by atomic mass is 9.63. The molecule has 0 saturated carbocycles. The standard InChI is InChI=1S/CH4B2FN/c1-5-3-2-4/h5H,1H3. The Bertz CT molecular complexity index is 17.1. The molecule has 0 aliphatic carbocycles. The maximum atomic E-state index is 10.8. The van der Waals surface area contributed by atoms with Crippen molar-refractivity contribution in [3.05, 3.63) is 0 Å². The molecule has 0 aliphatic heterocycles. The van der Waals surface area contributed by atoms with Gasteiger partial charge in [-0.1, -0.05) is 0 Å². The van der Waals surface area contributed by atoms with Crippen LogP contribution < -0.4 is 5.23 Å². The van der Waals surface area contributed by atoms with Gasteiger partial charge in [0.25, 0.3) is 0 Å². The Hall–Kier alpha value is 0.0199. The van der Waals surface area contributed by atoms with Crippen molar-refractivity contribution in [2.45, 2.75) is 0 Å². The van der Waals surface area contributed by atoms with Gasteiger partial charge < -0.3 is 9.54 Å². The first-order valence-corrected chi connectivity index (χ1v) is 1.34. The zero-order chi connectivity index (χ0) is 4.12. The summed E-state index contributed by atoms with van der Waals surface area (Å²) in [4.78, 5) is 0. The van der Waals surface area contributed by atoms with Crippen molar-refractivity contribution >= 4 is 14.8 Å². The molecule has 26 valence electrons. The molecule has 0 aromatic carbocycles. The zero-order valence-electron chi connectivity index (χ0n) is 3.03. The van der Waals surface area contributed by atoms with Crippen LogP contribution in [0.1, 0.15) is 0 Å². The number of halogens is 1. The largest absolute Gasteiger partial charge is 0.367 e. The van der Waals surface area contributed by atoms with Crippen LogP contribution >= 0.6 is 0 Å². The number of rotatable bonds is 2. The third-order valence-corrected chi connectivity index (χ3v) is 0.230. The fourth-order valence-corrected chi connectivity index (χ4v) is 0.0630. The molecule has 0 aromatic rings. The summed E-state index contributed by atoms with van der Waals surface area (Å²) in [5, 5.41) is 2.46. The summed E-state index contributed by atoms with van der Waals surface area (Å²) in [5.74, 6) is 0. The molecule has 0 rings (SSSR count). The van der Waals surface area contributed by atoms with E-state index in [0.717, 1.165) is 0 Å². The molecule has 0 fully saturated rings. The summed E-state index contributed by atoms with van der Waals surface area (Å²) in [5.41, 5.74) is 0. The van der Waals surface area contributed by atoms with Crippen LogP contribution in [0.5, 0.6) is 0 Å². The number of nitrogens with one attached hydrogen (secondary N) is 1. The van der Waals surface area contributed by atoms with Gasteiger partial charge in [0.1, 0.15) is 0 Å². The lowest BCUT2D eigenvalue weighted by Crippen LogP contribution is -2.16. The van der Waals surface area contributed by atoms with Crippen LogP contribution in [0.4, 0.5) is 4.32 Å². The minimum atomic E-state index is 0.444. The van der Waals surface area contributed by atoms with Crippen molar-refractivity contribution in [1.82, 2.24) is 5.23 Å². The molecule has 0 amide bonds. The highest BCUT2D eigenvalue weighted by molar-refractivity contribution is 6.95. The third-order valence-electron chi connectivity index (χ3n) is 0.230. The van der Waals surface area contributed by atoms with Gasteiger partial charge in [-0.15, -0.1) is 0 Å². The smallest absolute Gasteiger partial charge is 0.323 e. The lowest BCUT2D eigenvalue weighted by molar-refractivity contribution is 0.890. The van der Waals surface area contributed by atoms with Crippen LogP contribution in [0.25, 0.3) is 0 Å². The molecular weight excluding hydrogens is 66.6 g/mol. The maximum absolute atomic E-state index is 10.8. The highest BCUT2D eigenvalue weighted by atomic mass is 19.1. The minimum Gasteiger partial charge on any atom is -0.367 e. The molecule has 0 heterocycles. The van der Waals surface area contributed by atoms with Crippen molar-refractivity contribution < 1.29 is 4.32 Å². The Kier molecular flexibility index (Phi) is 4.04. The molecule has 1 nitrogen and oxygen atoms in total. The SMILES string of the molecule is CN[B][B]F. The summed E-state index contributed by atoms with van der Waals surface area (Å²) in [7, 11) is 3.29. The van der Waals surface area contributed by atoms with E-state index in [2.05, 4.69) is 5.23 Å². The van der Waals surface area contributed by atoms with E-state index in [1.165, 1.54) is 7.31 Å². The first kappa shape index (κ1) is 5.02. The first-order chi connectivity index (χ1) is 2.41. The van der Waals surface area contributed by atoms with E-state index in [0.29, 0.717) is 7.45 Å². The Labute approximate surface area is 32.5 Å². The van der Waals surface area contributed by atoms with E-state index >= 15 is 0 Å². The summed E-state index contributed by atoms with van der Waals surface area (Å²) in [6.45, 7) is 0. The van der Waals surface area contributed by atoms with Crippen LogP contribution in [-0.4, -0.2) is 21.8 Å². The Morgan fingerprint density at radius 2 is 2.40 bits per heavy atom. The van der Waals surface area contributed by atoms with Crippen LogP contribution in [0.2, 0.25) is 0 Å². The van der Waals surface area contributed by atoms with Gasteiger partial charge in [-0.2, -0.15) is 0 Å². The molecule has 0 aliphatic rings. The van der Waals surface area contributed by atoms with Gasteiger partial charge in [-0.25, -0.2) is 0 Å². The molecule has 0 aromatic heterocycles. The molecule has 1 N–H and O–H groups in total. The molecular formula is CH4B2FN. The number of hydrogen-bond donors (Lipinski definition) is 1. The normalized spacial score (nSPS) is 6.80. The summed E-state index contributed by atoms with van der Waals surface area (Å²) in [6, 6.07) is 0. The zero-order valence-corrected chi connectivity index (χ0v) is 3.03. The lowest BCUT2D eigenvalue weighted by Gasteiger charge is -1.76. The monoisotopic (exact) mass is 71.1 g/mol. The maximum Gasteiger partial charge on any atom is 0.323 e. The summed E-state index contributed by atoms with van der Waals surface area (Å²) >= 11 is 0. The fraction of sp³-hybridized carbons (Fsp3) is 1.00. The second-order valence-electron chi connectivity index (χ2n) is 0.581. The van der Waals surface area contributed by atoms with Crippen LogP contribution in [0.3, 0.4) is 0 Å². The topological polar surface area (TPSA) is 12.0 Å². The van der Waals surface area contributed by atoms with Gasteiger partial charge in [0.05, 0.1) is 0 Å². The van der Waals surface area contributed by atoms with Crippen LogP contribution in [-0.2, 0) is 0 Å². The average molecular weight is 70.7 g/mol. The molecule has 2 radical (unpaired) electrons. The van der Waals surface area contributed by atoms with Crippen LogP contribution in [0, 0.1) is 0 Å². The average Bonchev–Trinajstić information content (AvgIpc) is 1.41. The minimum absolute atomic E-state index is 0.444. The van der Waals surface area contributed by atoms with E-state index in [9.17, 15) is 4.32 Å². The van der Waals surface area contributed by atoms with Crippen molar-refractivity contribution in [1.29, 1.82) is 0 Å². The Balaban J connectivity index is 2.19. The van der Waals surface area contributed by atoms with Gasteiger partial charge in [-0.05, 0) is 7.05 Å². The van der Waals surface area contributed by atoms with Gasteiger partial charge in [0.2, 0.25) is 7.31 Å². The number of hydrogen-bond acceptors (Lipinski definition) is 1. The summed E-state index contributed by atoms with van der Waals surface area (Å²) in [6.07, 6.45) is 0. The Morgan fingerprint density at radius 3 is 2.40 bits per heavy atom. The van der Waals surface area contributed by atoms with Gasteiger partial charge in [0.15, 0.2) is 0 Å². The predicted octanol–water partition coefficient (Wildman–Crippen LogP) is -0.671. The first-order valence-electron chi connectivity index (χ1n) is 1.34.